The van der Waals surface area contributed by atoms with Crippen LogP contribution in [0.4, 0.5) is 23.7 Å². The lowest BCUT2D eigenvalue weighted by Gasteiger charge is -2.14. The molecule has 3 rings (SSSR count). The molecule has 1 aliphatic heterocycles. The number of alkyl halides is 3. The van der Waals surface area contributed by atoms with Gasteiger partial charge in [0, 0.05) is 23.2 Å². The molecule has 0 aliphatic carbocycles. The van der Waals surface area contributed by atoms with Crippen LogP contribution in [-0.4, -0.2) is 35.8 Å². The van der Waals surface area contributed by atoms with Gasteiger partial charge in [0.05, 0.1) is 16.7 Å². The number of rotatable bonds is 5. The van der Waals surface area contributed by atoms with Gasteiger partial charge in [0.2, 0.25) is 0 Å². The van der Waals surface area contributed by atoms with Gasteiger partial charge >= 0.3 is 12.2 Å². The molecule has 4 amide bonds. The van der Waals surface area contributed by atoms with E-state index in [1.807, 2.05) is 0 Å². The fourth-order valence-corrected chi connectivity index (χ4v) is 3.21. The van der Waals surface area contributed by atoms with Crippen LogP contribution in [-0.2, 0) is 6.18 Å². The van der Waals surface area contributed by atoms with Crippen molar-refractivity contribution in [1.29, 1.82) is 0 Å². The van der Waals surface area contributed by atoms with Crippen LogP contribution in [0.15, 0.2) is 46.9 Å². The average molecular weight is 470 g/mol. The largest absolute Gasteiger partial charge is 0.416 e. The van der Waals surface area contributed by atoms with Crippen LogP contribution >= 0.6 is 15.9 Å². The SMILES string of the molecule is O=C(NCCCN1C(=O)c2ccc(Br)cc2C1=O)Nc1cccc(C(F)(F)F)c1. The summed E-state index contributed by atoms with van der Waals surface area (Å²) in [6.07, 6.45) is -4.21. The Hall–Kier alpha value is -2.88. The zero-order chi connectivity index (χ0) is 21.2. The summed E-state index contributed by atoms with van der Waals surface area (Å²) < 4.78 is 38.8. The second-order valence-electron chi connectivity index (χ2n) is 6.26. The molecule has 0 saturated heterocycles. The minimum absolute atomic E-state index is 0.00301. The van der Waals surface area contributed by atoms with Crippen molar-refractivity contribution in [3.05, 3.63) is 63.6 Å². The minimum Gasteiger partial charge on any atom is -0.338 e. The van der Waals surface area contributed by atoms with Gasteiger partial charge in [0.25, 0.3) is 11.8 Å². The summed E-state index contributed by atoms with van der Waals surface area (Å²) in [5, 5.41) is 4.80. The highest BCUT2D eigenvalue weighted by molar-refractivity contribution is 9.10. The van der Waals surface area contributed by atoms with Crippen molar-refractivity contribution in [2.45, 2.75) is 12.6 Å². The maximum absolute atomic E-state index is 12.7. The normalized spacial score (nSPS) is 13.4. The number of carbonyl (C=O) groups excluding carboxylic acids is 3. The lowest BCUT2D eigenvalue weighted by molar-refractivity contribution is -0.137. The number of imide groups is 1. The topological polar surface area (TPSA) is 78.5 Å². The number of nitrogens with one attached hydrogen (secondary N) is 2. The van der Waals surface area contributed by atoms with E-state index in [9.17, 15) is 27.6 Å². The van der Waals surface area contributed by atoms with Crippen molar-refractivity contribution in [3.8, 4) is 0 Å². The smallest absolute Gasteiger partial charge is 0.338 e. The van der Waals surface area contributed by atoms with E-state index < -0.39 is 29.6 Å². The Labute approximate surface area is 172 Å². The number of hydrogen-bond donors (Lipinski definition) is 2. The van der Waals surface area contributed by atoms with E-state index in [4.69, 9.17) is 0 Å². The summed E-state index contributed by atoms with van der Waals surface area (Å²) in [6.45, 7) is 0.232. The van der Waals surface area contributed by atoms with E-state index in [0.717, 1.165) is 17.0 Å². The number of anilines is 1. The summed E-state index contributed by atoms with van der Waals surface area (Å²) in [4.78, 5) is 37.6. The molecular weight excluding hydrogens is 455 g/mol. The van der Waals surface area contributed by atoms with Crippen LogP contribution in [0.3, 0.4) is 0 Å². The van der Waals surface area contributed by atoms with Crippen molar-refractivity contribution in [2.75, 3.05) is 18.4 Å². The van der Waals surface area contributed by atoms with Crippen LogP contribution < -0.4 is 10.6 Å². The Morgan fingerprint density at radius 1 is 1.03 bits per heavy atom. The van der Waals surface area contributed by atoms with Gasteiger partial charge in [-0.1, -0.05) is 22.0 Å². The molecule has 2 aromatic carbocycles. The molecule has 29 heavy (non-hydrogen) atoms. The summed E-state index contributed by atoms with van der Waals surface area (Å²) in [5.41, 5.74) is -0.219. The van der Waals surface area contributed by atoms with Crippen molar-refractivity contribution in [2.24, 2.45) is 0 Å². The molecule has 1 heterocycles. The average Bonchev–Trinajstić information content (AvgIpc) is 2.88. The lowest BCUT2D eigenvalue weighted by atomic mass is 10.1. The summed E-state index contributed by atoms with van der Waals surface area (Å²) >= 11 is 3.26. The molecule has 2 N–H and O–H groups in total. The van der Waals surface area contributed by atoms with Gasteiger partial charge in [-0.2, -0.15) is 13.2 Å². The zero-order valence-electron chi connectivity index (χ0n) is 14.8. The molecule has 0 aromatic heterocycles. The van der Waals surface area contributed by atoms with Crippen LogP contribution in [0.1, 0.15) is 32.7 Å². The van der Waals surface area contributed by atoms with Crippen LogP contribution in [0.25, 0.3) is 0 Å². The lowest BCUT2D eigenvalue weighted by Crippen LogP contribution is -2.35. The molecule has 0 atom stereocenters. The van der Waals surface area contributed by atoms with E-state index in [1.54, 1.807) is 18.2 Å². The second-order valence-corrected chi connectivity index (χ2v) is 7.18. The number of hydrogen-bond acceptors (Lipinski definition) is 3. The molecule has 6 nitrogen and oxygen atoms in total. The third kappa shape index (κ3) is 4.76. The maximum Gasteiger partial charge on any atom is 0.416 e. The molecule has 0 saturated carbocycles. The maximum atomic E-state index is 12.7. The first-order valence-corrected chi connectivity index (χ1v) is 9.34. The van der Waals surface area contributed by atoms with Crippen molar-refractivity contribution < 1.29 is 27.6 Å². The van der Waals surface area contributed by atoms with E-state index >= 15 is 0 Å². The molecule has 0 unspecified atom stereocenters. The Kier molecular flexibility index (Phi) is 5.92. The third-order valence-corrected chi connectivity index (χ3v) is 4.72. The molecule has 0 bridgehead atoms. The Bertz CT molecular complexity index is 979. The van der Waals surface area contributed by atoms with Crippen molar-refractivity contribution in [1.82, 2.24) is 10.2 Å². The number of urea groups is 1. The molecule has 0 fully saturated rings. The van der Waals surface area contributed by atoms with Gasteiger partial charge in [-0.3, -0.25) is 14.5 Å². The van der Waals surface area contributed by atoms with Crippen LogP contribution in [0.2, 0.25) is 0 Å². The highest BCUT2D eigenvalue weighted by atomic mass is 79.9. The van der Waals surface area contributed by atoms with Gasteiger partial charge in [-0.25, -0.2) is 4.79 Å². The molecule has 10 heteroatoms. The summed E-state index contributed by atoms with van der Waals surface area (Å²) in [7, 11) is 0. The second kappa shape index (κ2) is 8.24. The van der Waals surface area contributed by atoms with E-state index in [2.05, 4.69) is 26.6 Å². The highest BCUT2D eigenvalue weighted by Crippen LogP contribution is 2.30. The predicted molar refractivity (Wildman–Crippen MR) is 103 cm³/mol. The molecule has 152 valence electrons. The number of amides is 4. The molecule has 0 spiro atoms. The van der Waals surface area contributed by atoms with Crippen LogP contribution in [0.5, 0.6) is 0 Å². The summed E-state index contributed by atoms with van der Waals surface area (Å²) in [5.74, 6) is -0.800. The molecule has 1 aliphatic rings. The van der Waals surface area contributed by atoms with E-state index in [-0.39, 0.29) is 18.8 Å². The Morgan fingerprint density at radius 2 is 1.76 bits per heavy atom. The number of nitrogens with zero attached hydrogens (tertiary/aromatic N) is 1. The number of benzene rings is 2. The fraction of sp³-hybridized carbons (Fsp3) is 0.211. The monoisotopic (exact) mass is 469 g/mol. The zero-order valence-corrected chi connectivity index (χ0v) is 16.4. The molecule has 2 aromatic rings. The first-order chi connectivity index (χ1) is 13.7. The Balaban J connectivity index is 1.48. The summed E-state index contributed by atoms with van der Waals surface area (Å²) in [6, 6.07) is 8.41. The highest BCUT2D eigenvalue weighted by Gasteiger charge is 2.35. The van der Waals surface area contributed by atoms with E-state index in [0.29, 0.717) is 22.0 Å². The fourth-order valence-electron chi connectivity index (χ4n) is 2.85. The first kappa shape index (κ1) is 20.8. The van der Waals surface area contributed by atoms with Gasteiger partial charge in [0.15, 0.2) is 0 Å². The third-order valence-electron chi connectivity index (χ3n) is 4.22. The Morgan fingerprint density at radius 3 is 2.48 bits per heavy atom. The van der Waals surface area contributed by atoms with Gasteiger partial charge < -0.3 is 10.6 Å². The molecule has 0 radical (unpaired) electrons. The standard InChI is InChI=1S/C19H15BrF3N3O3/c20-12-5-6-14-15(10-12)17(28)26(16(14)27)8-2-7-24-18(29)25-13-4-1-3-11(9-13)19(21,22)23/h1,3-6,9-10H,2,7-8H2,(H2,24,25,29). The van der Waals surface area contributed by atoms with Crippen molar-refractivity contribution in [3.63, 3.8) is 0 Å². The van der Waals surface area contributed by atoms with Crippen LogP contribution in [0, 0.1) is 0 Å². The molecular formula is C19H15BrF3N3O3. The van der Waals surface area contributed by atoms with Gasteiger partial charge in [-0.15, -0.1) is 0 Å². The van der Waals surface area contributed by atoms with Gasteiger partial charge in [0.1, 0.15) is 0 Å². The quantitative estimate of drug-likeness (QED) is 0.506. The van der Waals surface area contributed by atoms with E-state index in [1.165, 1.54) is 12.1 Å². The van der Waals surface area contributed by atoms with Crippen molar-refractivity contribution >= 4 is 39.5 Å². The number of fused-ring (bicyclic) bond motifs is 1. The predicted octanol–water partition coefficient (Wildman–Crippen LogP) is 4.28. The number of carbonyl (C=O) groups is 3. The minimum atomic E-state index is -4.50. The first-order valence-electron chi connectivity index (χ1n) is 8.54. The number of halogens is 4. The van der Waals surface area contributed by atoms with Gasteiger partial charge in [-0.05, 0) is 42.8 Å².